The summed E-state index contributed by atoms with van der Waals surface area (Å²) in [5.41, 5.74) is 5.30. The van der Waals surface area contributed by atoms with Crippen LogP contribution in [0.1, 0.15) is 11.6 Å². The first-order valence-corrected chi connectivity index (χ1v) is 3.97. The number of nitrogens with two attached hydrogens (primary N) is 1. The predicted molar refractivity (Wildman–Crippen MR) is 47.7 cm³/mol. The van der Waals surface area contributed by atoms with Crippen molar-refractivity contribution in [3.05, 3.63) is 23.8 Å². The maximum atomic E-state index is 5.30. The number of hydrogen-bond donors (Lipinski definition) is 1. The quantitative estimate of drug-likeness (QED) is 0.662. The molecule has 0 fully saturated rings. The zero-order valence-corrected chi connectivity index (χ0v) is 7.49. The van der Waals surface area contributed by atoms with Crippen LogP contribution in [-0.2, 0) is 6.54 Å². The van der Waals surface area contributed by atoms with Gasteiger partial charge in [0.05, 0.1) is 6.54 Å². The van der Waals surface area contributed by atoms with Gasteiger partial charge in [0.25, 0.3) is 0 Å². The highest BCUT2D eigenvalue weighted by atomic mass is 15.3. The molecule has 0 unspecified atom stereocenters. The van der Waals surface area contributed by atoms with Crippen molar-refractivity contribution in [2.45, 2.75) is 20.4 Å². The van der Waals surface area contributed by atoms with Gasteiger partial charge in [0, 0.05) is 6.54 Å². The summed E-state index contributed by atoms with van der Waals surface area (Å²) in [7, 11) is 0. The molecule has 0 amide bonds. The molecule has 1 aromatic rings. The second-order valence-electron chi connectivity index (χ2n) is 2.60. The maximum Gasteiger partial charge on any atom is 0.147 e. The molecule has 1 aromatic heterocycles. The number of aromatic nitrogens is 3. The monoisotopic (exact) mass is 166 g/mol. The molecule has 0 spiro atoms. The fourth-order valence-corrected chi connectivity index (χ4v) is 1.00. The van der Waals surface area contributed by atoms with E-state index in [1.165, 1.54) is 0 Å². The van der Waals surface area contributed by atoms with E-state index in [2.05, 4.69) is 10.1 Å². The zero-order chi connectivity index (χ0) is 8.97. The van der Waals surface area contributed by atoms with Crippen molar-refractivity contribution < 1.29 is 0 Å². The largest absolute Gasteiger partial charge is 0.327 e. The molecule has 66 valence electrons. The number of hydrogen-bond acceptors (Lipinski definition) is 3. The molecule has 0 aliphatic heterocycles. The van der Waals surface area contributed by atoms with E-state index in [1.54, 1.807) is 0 Å². The molecule has 0 aromatic carbocycles. The predicted octanol–water partition coefficient (Wildman–Crippen LogP) is 0.410. The topological polar surface area (TPSA) is 56.7 Å². The summed E-state index contributed by atoms with van der Waals surface area (Å²) in [6.45, 7) is 5.16. The van der Waals surface area contributed by atoms with E-state index in [9.17, 15) is 0 Å². The average molecular weight is 166 g/mol. The summed E-state index contributed by atoms with van der Waals surface area (Å²) in [6.07, 6.45) is 3.90. The van der Waals surface area contributed by atoms with Gasteiger partial charge in [-0.15, -0.1) is 0 Å². The highest BCUT2D eigenvalue weighted by Crippen LogP contribution is 1.95. The molecular weight excluding hydrogens is 152 g/mol. The van der Waals surface area contributed by atoms with Crippen molar-refractivity contribution in [2.75, 3.05) is 6.54 Å². The zero-order valence-electron chi connectivity index (χ0n) is 7.49. The number of allylic oxidation sites excluding steroid dienone is 1. The Kier molecular flexibility index (Phi) is 2.99. The molecule has 0 saturated carbocycles. The Balaban J connectivity index is 2.62. The fraction of sp³-hybridized carbons (Fsp3) is 0.500. The Morgan fingerprint density at radius 3 is 2.67 bits per heavy atom. The summed E-state index contributed by atoms with van der Waals surface area (Å²) in [6, 6.07) is 0. The first-order valence-electron chi connectivity index (χ1n) is 3.97. The minimum absolute atomic E-state index is 0.576. The summed E-state index contributed by atoms with van der Waals surface area (Å²) >= 11 is 0. The number of aryl methyl sites for hydroxylation is 2. The van der Waals surface area contributed by atoms with E-state index in [0.717, 1.165) is 18.2 Å². The van der Waals surface area contributed by atoms with Crippen LogP contribution in [0.5, 0.6) is 0 Å². The van der Waals surface area contributed by atoms with E-state index in [1.807, 2.05) is 30.7 Å². The molecule has 4 nitrogen and oxygen atoms in total. The standard InChI is InChI=1S/C8H14N4/c1-7-10-8(2)12(11-7)6-4-3-5-9/h3-4H,5-6,9H2,1-2H3/b4-3+. The Bertz CT molecular complexity index is 275. The van der Waals surface area contributed by atoms with Crippen LogP contribution in [0.25, 0.3) is 0 Å². The lowest BCUT2D eigenvalue weighted by atomic mass is 10.5. The van der Waals surface area contributed by atoms with Gasteiger partial charge in [0.1, 0.15) is 11.6 Å². The molecule has 1 rings (SSSR count). The van der Waals surface area contributed by atoms with Gasteiger partial charge < -0.3 is 5.73 Å². The van der Waals surface area contributed by atoms with Gasteiger partial charge in [-0.3, -0.25) is 0 Å². The normalized spacial score (nSPS) is 11.2. The van der Waals surface area contributed by atoms with Gasteiger partial charge in [-0.05, 0) is 13.8 Å². The van der Waals surface area contributed by atoms with E-state index in [-0.39, 0.29) is 0 Å². The lowest BCUT2D eigenvalue weighted by molar-refractivity contribution is 0.668. The van der Waals surface area contributed by atoms with Gasteiger partial charge in [-0.1, -0.05) is 12.2 Å². The molecule has 0 aliphatic carbocycles. The van der Waals surface area contributed by atoms with E-state index in [4.69, 9.17) is 5.73 Å². The molecule has 1 heterocycles. The Hall–Kier alpha value is -1.16. The van der Waals surface area contributed by atoms with Crippen LogP contribution in [0, 0.1) is 13.8 Å². The van der Waals surface area contributed by atoms with E-state index >= 15 is 0 Å². The highest BCUT2D eigenvalue weighted by molar-refractivity contribution is 4.91. The second-order valence-corrected chi connectivity index (χ2v) is 2.60. The minimum Gasteiger partial charge on any atom is -0.327 e. The van der Waals surface area contributed by atoms with Crippen molar-refractivity contribution in [1.29, 1.82) is 0 Å². The smallest absolute Gasteiger partial charge is 0.147 e. The average Bonchev–Trinajstić information content (AvgIpc) is 2.31. The van der Waals surface area contributed by atoms with Crippen LogP contribution in [0.2, 0.25) is 0 Å². The highest BCUT2D eigenvalue weighted by Gasteiger charge is 1.98. The first-order chi connectivity index (χ1) is 5.74. The summed E-state index contributed by atoms with van der Waals surface area (Å²) < 4.78 is 1.85. The van der Waals surface area contributed by atoms with Crippen LogP contribution >= 0.6 is 0 Å². The first kappa shape index (κ1) is 8.93. The van der Waals surface area contributed by atoms with Crippen LogP contribution in [-0.4, -0.2) is 21.3 Å². The minimum atomic E-state index is 0.576. The van der Waals surface area contributed by atoms with Crippen LogP contribution in [0.15, 0.2) is 12.2 Å². The van der Waals surface area contributed by atoms with Gasteiger partial charge >= 0.3 is 0 Å². The molecule has 4 heteroatoms. The number of rotatable bonds is 3. The van der Waals surface area contributed by atoms with Gasteiger partial charge in [-0.2, -0.15) is 5.10 Å². The Morgan fingerprint density at radius 1 is 1.42 bits per heavy atom. The molecule has 0 radical (unpaired) electrons. The summed E-state index contributed by atoms with van der Waals surface area (Å²) in [5.74, 6) is 1.75. The molecule has 0 aliphatic rings. The van der Waals surface area contributed by atoms with Crippen molar-refractivity contribution in [1.82, 2.24) is 14.8 Å². The summed E-state index contributed by atoms with van der Waals surface area (Å²) in [4.78, 5) is 4.18. The third-order valence-corrected chi connectivity index (χ3v) is 1.54. The molecule has 0 bridgehead atoms. The van der Waals surface area contributed by atoms with Crippen molar-refractivity contribution in [2.24, 2.45) is 5.73 Å². The van der Waals surface area contributed by atoms with E-state index in [0.29, 0.717) is 6.54 Å². The van der Waals surface area contributed by atoms with Gasteiger partial charge in [0.2, 0.25) is 0 Å². The van der Waals surface area contributed by atoms with Gasteiger partial charge in [0.15, 0.2) is 0 Å². The Morgan fingerprint density at radius 2 is 2.17 bits per heavy atom. The van der Waals surface area contributed by atoms with E-state index < -0.39 is 0 Å². The Labute approximate surface area is 72.1 Å². The van der Waals surface area contributed by atoms with Gasteiger partial charge in [-0.25, -0.2) is 9.67 Å². The lowest BCUT2D eigenvalue weighted by Gasteiger charge is -1.95. The second kappa shape index (κ2) is 4.01. The molecular formula is C8H14N4. The lowest BCUT2D eigenvalue weighted by Crippen LogP contribution is -2.01. The SMILES string of the molecule is Cc1nc(C)n(C/C=C/CN)n1. The molecule has 0 atom stereocenters. The fourth-order valence-electron chi connectivity index (χ4n) is 1.00. The third kappa shape index (κ3) is 2.17. The maximum absolute atomic E-state index is 5.30. The van der Waals surface area contributed by atoms with Crippen molar-refractivity contribution in [3.63, 3.8) is 0 Å². The van der Waals surface area contributed by atoms with Crippen LogP contribution in [0.4, 0.5) is 0 Å². The molecule has 0 saturated heterocycles. The summed E-state index contributed by atoms with van der Waals surface area (Å²) in [5, 5.41) is 4.20. The van der Waals surface area contributed by atoms with Crippen molar-refractivity contribution in [3.8, 4) is 0 Å². The number of nitrogens with zero attached hydrogens (tertiary/aromatic N) is 3. The third-order valence-electron chi connectivity index (χ3n) is 1.54. The molecule has 12 heavy (non-hydrogen) atoms. The molecule has 2 N–H and O–H groups in total. The van der Waals surface area contributed by atoms with Crippen molar-refractivity contribution >= 4 is 0 Å². The van der Waals surface area contributed by atoms with Crippen LogP contribution < -0.4 is 5.73 Å². The van der Waals surface area contributed by atoms with Crippen LogP contribution in [0.3, 0.4) is 0 Å².